The van der Waals surface area contributed by atoms with E-state index in [2.05, 4.69) is 4.72 Å². The van der Waals surface area contributed by atoms with Crippen molar-refractivity contribution in [2.45, 2.75) is 39.2 Å². The fourth-order valence-electron chi connectivity index (χ4n) is 2.66. The van der Waals surface area contributed by atoms with E-state index in [-0.39, 0.29) is 6.61 Å². The van der Waals surface area contributed by atoms with E-state index < -0.39 is 10.0 Å². The third-order valence-corrected chi connectivity index (χ3v) is 5.27. The van der Waals surface area contributed by atoms with Crippen molar-refractivity contribution < 1.29 is 13.5 Å². The molecule has 118 valence electrons. The standard InChI is InChI=1S/C17H21NO3S/c1-11-7-13(3)17(14(4)8-11)22(20,21)18-16-9-15(10-19)6-5-12(16)2/h5-9,18-19H,10H2,1-4H3. The largest absolute Gasteiger partial charge is 0.392 e. The van der Waals surface area contributed by atoms with Crippen LogP contribution in [0.25, 0.3) is 0 Å². The van der Waals surface area contributed by atoms with Crippen molar-refractivity contribution in [1.82, 2.24) is 0 Å². The van der Waals surface area contributed by atoms with Crippen molar-refractivity contribution in [3.63, 3.8) is 0 Å². The van der Waals surface area contributed by atoms with Crippen LogP contribution in [0.3, 0.4) is 0 Å². The number of aryl methyl sites for hydroxylation is 4. The molecular formula is C17H21NO3S. The normalized spacial score (nSPS) is 11.5. The Morgan fingerprint density at radius 3 is 2.09 bits per heavy atom. The molecule has 0 fully saturated rings. The molecule has 0 heterocycles. The first-order valence-corrected chi connectivity index (χ1v) is 8.54. The number of rotatable bonds is 4. The van der Waals surface area contributed by atoms with Gasteiger partial charge in [0.1, 0.15) is 0 Å². The molecule has 0 radical (unpaired) electrons. The first-order chi connectivity index (χ1) is 10.2. The van der Waals surface area contributed by atoms with Gasteiger partial charge in [0.15, 0.2) is 0 Å². The molecule has 2 rings (SSSR count). The van der Waals surface area contributed by atoms with Crippen molar-refractivity contribution >= 4 is 15.7 Å². The summed E-state index contributed by atoms with van der Waals surface area (Å²) in [4.78, 5) is 0.312. The molecule has 2 N–H and O–H groups in total. The number of aliphatic hydroxyl groups is 1. The van der Waals surface area contributed by atoms with Crippen LogP contribution in [-0.4, -0.2) is 13.5 Å². The number of aliphatic hydroxyl groups excluding tert-OH is 1. The van der Waals surface area contributed by atoms with Crippen LogP contribution in [0.4, 0.5) is 5.69 Å². The Balaban J connectivity index is 2.49. The molecule has 2 aromatic rings. The van der Waals surface area contributed by atoms with E-state index in [9.17, 15) is 13.5 Å². The van der Waals surface area contributed by atoms with E-state index in [1.54, 1.807) is 32.0 Å². The lowest BCUT2D eigenvalue weighted by molar-refractivity contribution is 0.282. The fraction of sp³-hybridized carbons (Fsp3) is 0.294. The summed E-state index contributed by atoms with van der Waals surface area (Å²) in [5, 5.41) is 9.21. The summed E-state index contributed by atoms with van der Waals surface area (Å²) in [7, 11) is -3.67. The number of benzene rings is 2. The quantitative estimate of drug-likeness (QED) is 0.909. The second-order valence-electron chi connectivity index (χ2n) is 5.64. The van der Waals surface area contributed by atoms with E-state index >= 15 is 0 Å². The Kier molecular flexibility index (Phi) is 4.58. The molecule has 0 saturated heterocycles. The lowest BCUT2D eigenvalue weighted by Crippen LogP contribution is -2.16. The third-order valence-electron chi connectivity index (χ3n) is 3.60. The third kappa shape index (κ3) is 3.31. The van der Waals surface area contributed by atoms with Gasteiger partial charge >= 0.3 is 0 Å². The van der Waals surface area contributed by atoms with Gasteiger partial charge in [0.05, 0.1) is 17.2 Å². The van der Waals surface area contributed by atoms with Crippen LogP contribution in [0.1, 0.15) is 27.8 Å². The van der Waals surface area contributed by atoms with E-state index in [4.69, 9.17) is 0 Å². The van der Waals surface area contributed by atoms with Crippen LogP contribution in [0.5, 0.6) is 0 Å². The molecule has 22 heavy (non-hydrogen) atoms. The minimum Gasteiger partial charge on any atom is -0.392 e. The highest BCUT2D eigenvalue weighted by Gasteiger charge is 2.20. The molecule has 0 saturated carbocycles. The summed E-state index contributed by atoms with van der Waals surface area (Å²) in [6.45, 7) is 7.24. The van der Waals surface area contributed by atoms with Crippen molar-refractivity contribution in [2.75, 3.05) is 4.72 Å². The van der Waals surface area contributed by atoms with Gasteiger partial charge in [-0.15, -0.1) is 0 Å². The highest BCUT2D eigenvalue weighted by molar-refractivity contribution is 7.92. The molecule has 0 aliphatic carbocycles. The Labute approximate surface area is 131 Å². The van der Waals surface area contributed by atoms with Crippen molar-refractivity contribution in [1.29, 1.82) is 0 Å². The van der Waals surface area contributed by atoms with Gasteiger partial charge in [-0.2, -0.15) is 0 Å². The molecule has 0 aromatic heterocycles. The average molecular weight is 319 g/mol. The molecule has 5 heteroatoms. The van der Waals surface area contributed by atoms with E-state index in [1.807, 2.05) is 26.0 Å². The van der Waals surface area contributed by atoms with Gasteiger partial charge in [-0.1, -0.05) is 29.8 Å². The molecule has 0 bridgehead atoms. The fourth-order valence-corrected chi connectivity index (χ4v) is 4.24. The molecule has 2 aromatic carbocycles. The van der Waals surface area contributed by atoms with E-state index in [1.165, 1.54) is 0 Å². The van der Waals surface area contributed by atoms with Gasteiger partial charge in [0.2, 0.25) is 0 Å². The summed E-state index contributed by atoms with van der Waals surface area (Å²) < 4.78 is 28.1. The van der Waals surface area contributed by atoms with Crippen LogP contribution in [0.2, 0.25) is 0 Å². The highest BCUT2D eigenvalue weighted by atomic mass is 32.2. The number of hydrogen-bond acceptors (Lipinski definition) is 3. The van der Waals surface area contributed by atoms with E-state index in [0.717, 1.165) is 22.3 Å². The lowest BCUT2D eigenvalue weighted by atomic mass is 10.1. The summed E-state index contributed by atoms with van der Waals surface area (Å²) in [5.41, 5.74) is 4.45. The molecule has 0 aliphatic heterocycles. The Bertz CT molecular complexity index is 788. The van der Waals surface area contributed by atoms with Crippen molar-refractivity contribution in [2.24, 2.45) is 0 Å². The number of nitrogens with one attached hydrogen (secondary N) is 1. The smallest absolute Gasteiger partial charge is 0.262 e. The van der Waals surface area contributed by atoms with Gasteiger partial charge in [-0.05, 0) is 56.0 Å². The lowest BCUT2D eigenvalue weighted by Gasteiger charge is -2.15. The maximum atomic E-state index is 12.7. The first kappa shape index (κ1) is 16.5. The van der Waals surface area contributed by atoms with Crippen LogP contribution in [-0.2, 0) is 16.6 Å². The van der Waals surface area contributed by atoms with Crippen LogP contribution < -0.4 is 4.72 Å². The average Bonchev–Trinajstić information content (AvgIpc) is 2.39. The molecule has 0 spiro atoms. The molecule has 4 nitrogen and oxygen atoms in total. The Hall–Kier alpha value is -1.85. The first-order valence-electron chi connectivity index (χ1n) is 7.05. The zero-order chi connectivity index (χ0) is 16.5. The minimum absolute atomic E-state index is 0.127. The second-order valence-corrected chi connectivity index (χ2v) is 7.26. The SMILES string of the molecule is Cc1cc(C)c(S(=O)(=O)Nc2cc(CO)ccc2C)c(C)c1. The highest BCUT2D eigenvalue weighted by Crippen LogP contribution is 2.26. The molecule has 0 atom stereocenters. The van der Waals surface area contributed by atoms with Crippen LogP contribution in [0, 0.1) is 27.7 Å². The number of hydrogen-bond donors (Lipinski definition) is 2. The Morgan fingerprint density at radius 2 is 1.55 bits per heavy atom. The van der Waals surface area contributed by atoms with Gasteiger partial charge in [-0.25, -0.2) is 8.42 Å². The number of anilines is 1. The van der Waals surface area contributed by atoms with Crippen LogP contribution in [0.15, 0.2) is 35.2 Å². The van der Waals surface area contributed by atoms with Crippen molar-refractivity contribution in [3.05, 3.63) is 58.1 Å². The van der Waals surface area contributed by atoms with E-state index in [0.29, 0.717) is 16.1 Å². The monoisotopic (exact) mass is 319 g/mol. The predicted octanol–water partition coefficient (Wildman–Crippen LogP) is 3.21. The summed E-state index contributed by atoms with van der Waals surface area (Å²) in [6.07, 6.45) is 0. The number of sulfonamides is 1. The van der Waals surface area contributed by atoms with Gasteiger partial charge in [0, 0.05) is 0 Å². The maximum Gasteiger partial charge on any atom is 0.262 e. The zero-order valence-electron chi connectivity index (χ0n) is 13.3. The van der Waals surface area contributed by atoms with Crippen LogP contribution >= 0.6 is 0 Å². The predicted molar refractivity (Wildman–Crippen MR) is 88.6 cm³/mol. The van der Waals surface area contributed by atoms with Gasteiger partial charge in [0.25, 0.3) is 10.0 Å². The maximum absolute atomic E-state index is 12.7. The topological polar surface area (TPSA) is 66.4 Å². The molecule has 0 unspecified atom stereocenters. The molecule has 0 amide bonds. The summed E-state index contributed by atoms with van der Waals surface area (Å²) >= 11 is 0. The summed E-state index contributed by atoms with van der Waals surface area (Å²) in [5.74, 6) is 0. The molecular weight excluding hydrogens is 298 g/mol. The van der Waals surface area contributed by atoms with Gasteiger partial charge in [-0.3, -0.25) is 4.72 Å². The van der Waals surface area contributed by atoms with Crippen molar-refractivity contribution in [3.8, 4) is 0 Å². The summed E-state index contributed by atoms with van der Waals surface area (Å²) in [6, 6.07) is 8.94. The zero-order valence-corrected chi connectivity index (χ0v) is 14.1. The molecule has 0 aliphatic rings. The second kappa shape index (κ2) is 6.10. The Morgan fingerprint density at radius 1 is 0.955 bits per heavy atom. The minimum atomic E-state index is -3.67. The van der Waals surface area contributed by atoms with Gasteiger partial charge < -0.3 is 5.11 Å².